The summed E-state index contributed by atoms with van der Waals surface area (Å²) in [5, 5.41) is 5.68. The molecule has 5 nitrogen and oxygen atoms in total. The van der Waals surface area contributed by atoms with Crippen molar-refractivity contribution in [3.8, 4) is 0 Å². The number of carbonyl (C=O) groups is 1. The van der Waals surface area contributed by atoms with Gasteiger partial charge in [-0.15, -0.1) is 0 Å². The van der Waals surface area contributed by atoms with Gasteiger partial charge < -0.3 is 15.4 Å². The summed E-state index contributed by atoms with van der Waals surface area (Å²) in [4.78, 5) is 13.9. The van der Waals surface area contributed by atoms with Gasteiger partial charge in [0, 0.05) is 32.4 Å². The van der Waals surface area contributed by atoms with Crippen LogP contribution in [0.3, 0.4) is 0 Å². The Morgan fingerprint density at radius 1 is 1.20 bits per heavy atom. The molecular weight excluding hydrogens is 254 g/mol. The van der Waals surface area contributed by atoms with Crippen molar-refractivity contribution in [3.05, 3.63) is 12.3 Å². The second kappa shape index (κ2) is 8.97. The molecule has 20 heavy (non-hydrogen) atoms. The third-order valence-corrected chi connectivity index (χ3v) is 4.05. The smallest absolute Gasteiger partial charge is 0.318 e. The van der Waals surface area contributed by atoms with Gasteiger partial charge in [0.25, 0.3) is 0 Å². The van der Waals surface area contributed by atoms with Gasteiger partial charge >= 0.3 is 6.03 Å². The van der Waals surface area contributed by atoms with Gasteiger partial charge in [-0.3, -0.25) is 4.90 Å². The number of hydrogen-bond acceptors (Lipinski definition) is 3. The summed E-state index contributed by atoms with van der Waals surface area (Å²) in [6, 6.07) is -0.106. The van der Waals surface area contributed by atoms with E-state index in [9.17, 15) is 4.79 Å². The van der Waals surface area contributed by atoms with Crippen molar-refractivity contribution < 1.29 is 9.53 Å². The van der Waals surface area contributed by atoms with Gasteiger partial charge in [-0.05, 0) is 18.8 Å². The van der Waals surface area contributed by atoms with Crippen molar-refractivity contribution in [1.29, 1.82) is 0 Å². The monoisotopic (exact) mass is 281 g/mol. The van der Waals surface area contributed by atoms with Crippen LogP contribution in [0.2, 0.25) is 0 Å². The van der Waals surface area contributed by atoms with E-state index < -0.39 is 0 Å². The molecule has 1 saturated carbocycles. The topological polar surface area (TPSA) is 53.6 Å². The summed E-state index contributed by atoms with van der Waals surface area (Å²) >= 11 is 0. The van der Waals surface area contributed by atoms with E-state index >= 15 is 0 Å². The molecule has 0 aromatic heterocycles. The fraction of sp³-hybridized carbons (Fsp3) is 0.800. The van der Waals surface area contributed by atoms with Crippen LogP contribution in [0.4, 0.5) is 4.79 Å². The first-order chi connectivity index (χ1) is 9.84. The van der Waals surface area contributed by atoms with Crippen LogP contribution in [-0.4, -0.2) is 50.3 Å². The second-order valence-electron chi connectivity index (χ2n) is 5.61. The number of urea groups is 1. The summed E-state index contributed by atoms with van der Waals surface area (Å²) in [5.74, 6) is 0.650. The molecule has 2 fully saturated rings. The van der Waals surface area contributed by atoms with Gasteiger partial charge in [0.1, 0.15) is 0 Å². The number of morpholine rings is 1. The summed E-state index contributed by atoms with van der Waals surface area (Å²) < 4.78 is 5.29. The Balaban J connectivity index is 1.52. The van der Waals surface area contributed by atoms with Crippen LogP contribution in [0.1, 0.15) is 32.1 Å². The molecule has 2 aliphatic rings. The average Bonchev–Trinajstić information content (AvgIpc) is 2.49. The molecule has 0 spiro atoms. The minimum Gasteiger partial charge on any atom is -0.379 e. The molecule has 1 aliphatic heterocycles. The Morgan fingerprint density at radius 3 is 2.70 bits per heavy atom. The van der Waals surface area contributed by atoms with Crippen molar-refractivity contribution in [1.82, 2.24) is 15.5 Å². The van der Waals surface area contributed by atoms with Crippen LogP contribution in [0.15, 0.2) is 12.3 Å². The number of ether oxygens (including phenoxy) is 1. The molecule has 2 N–H and O–H groups in total. The minimum atomic E-state index is -0.106. The van der Waals surface area contributed by atoms with Crippen molar-refractivity contribution in [2.24, 2.45) is 5.92 Å². The Kier molecular flexibility index (Phi) is 6.88. The first-order valence-electron chi connectivity index (χ1n) is 7.86. The lowest BCUT2D eigenvalue weighted by Gasteiger charge is -2.26. The number of allylic oxidation sites excluding steroid dienone is 1. The molecular formula is C15H27N3O2. The quantitative estimate of drug-likeness (QED) is 0.806. The SMILES string of the molecule is O=C(N/C=C/C1CCCCC1)NCCN1CCOCC1. The molecule has 1 heterocycles. The Bertz CT molecular complexity index is 308. The predicted molar refractivity (Wildman–Crippen MR) is 79.5 cm³/mol. The highest BCUT2D eigenvalue weighted by Gasteiger charge is 2.11. The van der Waals surface area contributed by atoms with Crippen LogP contribution in [-0.2, 0) is 4.74 Å². The third kappa shape index (κ3) is 5.92. The molecule has 0 unspecified atom stereocenters. The van der Waals surface area contributed by atoms with E-state index in [2.05, 4.69) is 21.6 Å². The lowest BCUT2D eigenvalue weighted by atomic mass is 9.89. The van der Waals surface area contributed by atoms with E-state index in [-0.39, 0.29) is 6.03 Å². The molecule has 2 rings (SSSR count). The largest absolute Gasteiger partial charge is 0.379 e. The van der Waals surface area contributed by atoms with Crippen LogP contribution in [0.25, 0.3) is 0 Å². The predicted octanol–water partition coefficient (Wildman–Crippen LogP) is 1.71. The highest BCUT2D eigenvalue weighted by Crippen LogP contribution is 2.24. The van der Waals surface area contributed by atoms with Crippen LogP contribution < -0.4 is 10.6 Å². The van der Waals surface area contributed by atoms with E-state index in [1.165, 1.54) is 32.1 Å². The summed E-state index contributed by atoms with van der Waals surface area (Å²) in [5.41, 5.74) is 0. The number of nitrogens with one attached hydrogen (secondary N) is 2. The lowest BCUT2D eigenvalue weighted by molar-refractivity contribution is 0.0387. The fourth-order valence-corrected chi connectivity index (χ4v) is 2.79. The van der Waals surface area contributed by atoms with Crippen LogP contribution in [0.5, 0.6) is 0 Å². The van der Waals surface area contributed by atoms with Gasteiger partial charge in [-0.2, -0.15) is 0 Å². The molecule has 0 radical (unpaired) electrons. The Morgan fingerprint density at radius 2 is 1.95 bits per heavy atom. The van der Waals surface area contributed by atoms with Crippen molar-refractivity contribution >= 4 is 6.03 Å². The van der Waals surface area contributed by atoms with E-state index in [0.717, 1.165) is 32.8 Å². The van der Waals surface area contributed by atoms with Crippen molar-refractivity contribution in [3.63, 3.8) is 0 Å². The van der Waals surface area contributed by atoms with Gasteiger partial charge in [-0.25, -0.2) is 4.79 Å². The maximum atomic E-state index is 11.6. The van der Waals surface area contributed by atoms with E-state index in [0.29, 0.717) is 12.5 Å². The summed E-state index contributed by atoms with van der Waals surface area (Å²) in [6.07, 6.45) is 10.5. The van der Waals surface area contributed by atoms with Gasteiger partial charge in [0.15, 0.2) is 0 Å². The zero-order valence-corrected chi connectivity index (χ0v) is 12.3. The van der Waals surface area contributed by atoms with Crippen molar-refractivity contribution in [2.75, 3.05) is 39.4 Å². The van der Waals surface area contributed by atoms with Crippen LogP contribution in [0, 0.1) is 5.92 Å². The molecule has 2 amide bonds. The molecule has 0 atom stereocenters. The van der Waals surface area contributed by atoms with Crippen LogP contribution >= 0.6 is 0 Å². The van der Waals surface area contributed by atoms with Gasteiger partial charge in [-0.1, -0.05) is 25.3 Å². The first kappa shape index (κ1) is 15.3. The number of rotatable bonds is 5. The average molecular weight is 281 g/mol. The lowest BCUT2D eigenvalue weighted by Crippen LogP contribution is -2.42. The number of nitrogens with zero attached hydrogens (tertiary/aromatic N) is 1. The second-order valence-corrected chi connectivity index (χ2v) is 5.61. The fourth-order valence-electron chi connectivity index (χ4n) is 2.79. The zero-order valence-electron chi connectivity index (χ0n) is 12.3. The van der Waals surface area contributed by atoms with Crippen molar-refractivity contribution in [2.45, 2.75) is 32.1 Å². The molecule has 0 aromatic rings. The summed E-state index contributed by atoms with van der Waals surface area (Å²) in [6.45, 7) is 5.11. The maximum Gasteiger partial charge on any atom is 0.318 e. The number of amides is 2. The van der Waals surface area contributed by atoms with Gasteiger partial charge in [0.05, 0.1) is 13.2 Å². The standard InChI is InChI=1S/C15H27N3O2/c19-15(16-7-6-14-4-2-1-3-5-14)17-8-9-18-10-12-20-13-11-18/h6-7,14H,1-5,8-13H2,(H2,16,17,19)/b7-6+. The molecule has 1 saturated heterocycles. The van der Waals surface area contributed by atoms with Gasteiger partial charge in [0.2, 0.25) is 0 Å². The normalized spacial score (nSPS) is 22.0. The number of hydrogen-bond donors (Lipinski definition) is 2. The third-order valence-electron chi connectivity index (χ3n) is 4.05. The van der Waals surface area contributed by atoms with E-state index in [4.69, 9.17) is 4.74 Å². The molecule has 1 aliphatic carbocycles. The first-order valence-corrected chi connectivity index (χ1v) is 7.86. The number of carbonyl (C=O) groups excluding carboxylic acids is 1. The summed E-state index contributed by atoms with van der Waals surface area (Å²) in [7, 11) is 0. The highest BCUT2D eigenvalue weighted by molar-refractivity contribution is 5.74. The maximum absolute atomic E-state index is 11.6. The molecule has 5 heteroatoms. The van der Waals surface area contributed by atoms with E-state index in [1.54, 1.807) is 6.20 Å². The molecule has 114 valence electrons. The molecule has 0 aromatic carbocycles. The van der Waals surface area contributed by atoms with E-state index in [1.807, 2.05) is 0 Å². The Hall–Kier alpha value is -1.07. The Labute approximate surface area is 121 Å². The highest BCUT2D eigenvalue weighted by atomic mass is 16.5. The zero-order chi connectivity index (χ0) is 14.0. The minimum absolute atomic E-state index is 0.106. The molecule has 0 bridgehead atoms.